The molecule has 0 unspecified atom stereocenters. The lowest BCUT2D eigenvalue weighted by molar-refractivity contribution is -0.398. The van der Waals surface area contributed by atoms with Crippen molar-refractivity contribution < 1.29 is 19.2 Å². The molecule has 3 rings (SSSR count). The number of nitrogens with zero attached hydrogens (tertiary/aromatic N) is 1. The molecule has 1 atom stereocenters. The molecule has 2 aromatic carbocycles. The van der Waals surface area contributed by atoms with Crippen LogP contribution in [0.2, 0.25) is 0 Å². The minimum atomic E-state index is -0.985. The molecule has 0 radical (unpaired) electrons. The van der Waals surface area contributed by atoms with Crippen LogP contribution in [0.1, 0.15) is 18.5 Å². The van der Waals surface area contributed by atoms with Gasteiger partial charge in [-0.25, -0.2) is 4.39 Å². The third-order valence-electron chi connectivity index (χ3n) is 4.15. The molecule has 1 heterocycles. The van der Waals surface area contributed by atoms with Gasteiger partial charge in [0.2, 0.25) is 0 Å². The van der Waals surface area contributed by atoms with Gasteiger partial charge in [0.05, 0.1) is 16.5 Å². The van der Waals surface area contributed by atoms with Crippen molar-refractivity contribution in [2.24, 2.45) is 0 Å². The normalized spacial score (nSPS) is 16.2. The zero-order valence-corrected chi connectivity index (χ0v) is 15.3. The Balaban J connectivity index is 2.02. The molecule has 144 valence electrons. The summed E-state index contributed by atoms with van der Waals surface area (Å²) in [4.78, 5) is 23.2. The summed E-state index contributed by atoms with van der Waals surface area (Å²) < 4.78 is 13.1. The van der Waals surface area contributed by atoms with Crippen molar-refractivity contribution >= 4 is 34.6 Å². The maximum atomic E-state index is 13.1. The summed E-state index contributed by atoms with van der Waals surface area (Å²) in [5.41, 5.74) is 0.288. The molecule has 1 aliphatic rings. The van der Waals surface area contributed by atoms with Crippen molar-refractivity contribution in [2.75, 3.05) is 5.32 Å². The number of amides is 1. The SMILES string of the molecule is CC1=C(C(=O)Nc2ccc(F)cc2)[C@H](c2cccc([N+](=O)[O-])c2[O-])NC(=S)N1. The first-order chi connectivity index (χ1) is 13.3. The number of anilines is 1. The van der Waals surface area contributed by atoms with Crippen LogP contribution < -0.4 is 21.1 Å². The van der Waals surface area contributed by atoms with E-state index in [2.05, 4.69) is 16.0 Å². The van der Waals surface area contributed by atoms with Crippen LogP contribution in [0.25, 0.3) is 0 Å². The zero-order valence-electron chi connectivity index (χ0n) is 14.5. The summed E-state index contributed by atoms with van der Waals surface area (Å²) in [5.74, 6) is -1.83. The standard InChI is InChI=1S/C18H15FN4O4S/c1-9-14(17(25)21-11-7-5-10(19)6-8-11)15(22-18(28)20-9)12-3-2-4-13(16(12)24)23(26)27/h2-8,15,24H,1H3,(H,21,25)(H2,20,22,28)/p-1/t15-/m0/s1. The fraction of sp³-hybridized carbons (Fsp3) is 0.111. The van der Waals surface area contributed by atoms with Crippen LogP contribution in [0.3, 0.4) is 0 Å². The topological polar surface area (TPSA) is 119 Å². The van der Waals surface area contributed by atoms with E-state index in [-0.39, 0.29) is 16.2 Å². The zero-order chi connectivity index (χ0) is 20.4. The maximum Gasteiger partial charge on any atom is 0.262 e. The lowest BCUT2D eigenvalue weighted by Gasteiger charge is -2.32. The Morgan fingerprint density at radius 3 is 2.57 bits per heavy atom. The van der Waals surface area contributed by atoms with Gasteiger partial charge in [0.15, 0.2) is 5.11 Å². The third-order valence-corrected chi connectivity index (χ3v) is 4.37. The average Bonchev–Trinajstić information content (AvgIpc) is 2.62. The largest absolute Gasteiger partial charge is 0.868 e. The molecule has 10 heteroatoms. The van der Waals surface area contributed by atoms with Crippen LogP contribution in [0.15, 0.2) is 53.7 Å². The fourth-order valence-corrected chi connectivity index (χ4v) is 3.14. The number of rotatable bonds is 4. The first-order valence-corrected chi connectivity index (χ1v) is 8.48. The molecule has 1 amide bonds. The highest BCUT2D eigenvalue weighted by Crippen LogP contribution is 2.36. The number of nitro benzene ring substituents is 1. The summed E-state index contributed by atoms with van der Waals surface area (Å²) in [6.45, 7) is 1.60. The highest BCUT2D eigenvalue weighted by atomic mass is 32.1. The van der Waals surface area contributed by atoms with Crippen molar-refractivity contribution in [1.29, 1.82) is 0 Å². The lowest BCUT2D eigenvalue weighted by Crippen LogP contribution is -2.46. The number of para-hydroxylation sites is 1. The molecule has 0 saturated heterocycles. The number of carbonyl (C=O) groups is 1. The monoisotopic (exact) mass is 401 g/mol. The molecule has 8 nitrogen and oxygen atoms in total. The third kappa shape index (κ3) is 3.76. The second kappa shape index (κ2) is 7.61. The molecular weight excluding hydrogens is 387 g/mol. The number of benzene rings is 2. The molecule has 1 aliphatic heterocycles. The fourth-order valence-electron chi connectivity index (χ4n) is 2.87. The number of allylic oxidation sites excluding steroid dienone is 1. The van der Waals surface area contributed by atoms with E-state index in [4.69, 9.17) is 12.2 Å². The van der Waals surface area contributed by atoms with Crippen LogP contribution in [-0.2, 0) is 4.79 Å². The van der Waals surface area contributed by atoms with Crippen molar-refractivity contribution in [3.05, 3.63) is 75.2 Å². The molecular formula is C18H14FN4O4S-. The Labute approximate surface area is 164 Å². The van der Waals surface area contributed by atoms with E-state index in [9.17, 15) is 24.4 Å². The highest BCUT2D eigenvalue weighted by Gasteiger charge is 2.31. The predicted octanol–water partition coefficient (Wildman–Crippen LogP) is 2.24. The van der Waals surface area contributed by atoms with Crippen LogP contribution >= 0.6 is 12.2 Å². The van der Waals surface area contributed by atoms with Gasteiger partial charge in [0.1, 0.15) is 5.82 Å². The molecule has 0 saturated carbocycles. The smallest absolute Gasteiger partial charge is 0.262 e. The highest BCUT2D eigenvalue weighted by molar-refractivity contribution is 7.80. The van der Waals surface area contributed by atoms with Crippen LogP contribution in [0.5, 0.6) is 5.75 Å². The molecule has 0 aromatic heterocycles. The van der Waals surface area contributed by atoms with E-state index in [1.54, 1.807) is 6.92 Å². The average molecular weight is 401 g/mol. The van der Waals surface area contributed by atoms with E-state index < -0.39 is 34.1 Å². The van der Waals surface area contributed by atoms with Gasteiger partial charge >= 0.3 is 0 Å². The van der Waals surface area contributed by atoms with Gasteiger partial charge in [-0.3, -0.25) is 14.9 Å². The van der Waals surface area contributed by atoms with Gasteiger partial charge in [0, 0.05) is 17.5 Å². The number of hydrogen-bond donors (Lipinski definition) is 3. The number of carbonyl (C=O) groups excluding carboxylic acids is 1. The summed E-state index contributed by atoms with van der Waals surface area (Å²) in [7, 11) is 0. The van der Waals surface area contributed by atoms with E-state index in [0.717, 1.165) is 6.07 Å². The Morgan fingerprint density at radius 1 is 1.25 bits per heavy atom. The Morgan fingerprint density at radius 2 is 1.93 bits per heavy atom. The minimum Gasteiger partial charge on any atom is -0.868 e. The Kier molecular flexibility index (Phi) is 5.23. The van der Waals surface area contributed by atoms with Crippen LogP contribution in [0, 0.1) is 15.9 Å². The van der Waals surface area contributed by atoms with Crippen molar-refractivity contribution in [1.82, 2.24) is 10.6 Å². The van der Waals surface area contributed by atoms with Crippen molar-refractivity contribution in [2.45, 2.75) is 13.0 Å². The molecule has 0 fully saturated rings. The van der Waals surface area contributed by atoms with Crippen LogP contribution in [-0.4, -0.2) is 15.9 Å². The van der Waals surface area contributed by atoms with Gasteiger partial charge in [-0.1, -0.05) is 12.1 Å². The second-order valence-electron chi connectivity index (χ2n) is 5.98. The molecule has 3 N–H and O–H groups in total. The lowest BCUT2D eigenvalue weighted by atomic mass is 9.93. The van der Waals surface area contributed by atoms with E-state index >= 15 is 0 Å². The van der Waals surface area contributed by atoms with Gasteiger partial charge in [0.25, 0.3) is 11.6 Å². The number of halogens is 1. The molecule has 0 aliphatic carbocycles. The number of nitro groups is 1. The van der Waals surface area contributed by atoms with Gasteiger partial charge in [-0.2, -0.15) is 0 Å². The summed E-state index contributed by atoms with van der Waals surface area (Å²) in [6.07, 6.45) is 0. The van der Waals surface area contributed by atoms with Crippen LogP contribution in [0.4, 0.5) is 15.8 Å². The molecule has 0 spiro atoms. The van der Waals surface area contributed by atoms with E-state index in [1.807, 2.05) is 0 Å². The maximum absolute atomic E-state index is 13.1. The van der Waals surface area contributed by atoms with Gasteiger partial charge in [-0.05, 0) is 54.7 Å². The number of nitrogens with one attached hydrogen (secondary N) is 3. The van der Waals surface area contributed by atoms with Gasteiger partial charge in [-0.15, -0.1) is 0 Å². The Bertz CT molecular complexity index is 1010. The minimum absolute atomic E-state index is 0.0154. The number of thiocarbonyl (C=S) groups is 1. The van der Waals surface area contributed by atoms with E-state index in [1.165, 1.54) is 36.4 Å². The first-order valence-electron chi connectivity index (χ1n) is 8.07. The number of hydrogen-bond acceptors (Lipinski definition) is 5. The summed E-state index contributed by atoms with van der Waals surface area (Å²) in [5, 5.41) is 32.1. The summed E-state index contributed by atoms with van der Waals surface area (Å²) >= 11 is 5.11. The molecule has 0 bridgehead atoms. The second-order valence-corrected chi connectivity index (χ2v) is 6.39. The van der Waals surface area contributed by atoms with E-state index in [0.29, 0.717) is 11.4 Å². The summed E-state index contributed by atoms with van der Waals surface area (Å²) in [6, 6.07) is 8.04. The quantitative estimate of drug-likeness (QED) is 0.408. The Hall–Kier alpha value is -3.53. The first kappa shape index (κ1) is 19.2. The van der Waals surface area contributed by atoms with Crippen molar-refractivity contribution in [3.8, 4) is 5.75 Å². The van der Waals surface area contributed by atoms with Gasteiger partial charge < -0.3 is 21.1 Å². The predicted molar refractivity (Wildman–Crippen MR) is 102 cm³/mol. The molecule has 28 heavy (non-hydrogen) atoms. The van der Waals surface area contributed by atoms with Crippen molar-refractivity contribution in [3.63, 3.8) is 0 Å². The molecule has 2 aromatic rings.